The molecule has 37 heavy (non-hydrogen) atoms. The van der Waals surface area contributed by atoms with Crippen LogP contribution in [-0.2, 0) is 6.54 Å². The van der Waals surface area contributed by atoms with Crippen molar-refractivity contribution < 1.29 is 18.7 Å². The van der Waals surface area contributed by atoms with Gasteiger partial charge in [-0.1, -0.05) is 18.2 Å². The zero-order chi connectivity index (χ0) is 25.8. The highest BCUT2D eigenvalue weighted by molar-refractivity contribution is 5.99. The van der Waals surface area contributed by atoms with Crippen molar-refractivity contribution in [3.63, 3.8) is 0 Å². The number of aromatic nitrogens is 4. The SMILES string of the molecule is COc1ccc(Cn2nc(C)c3c(Oc4ccc(NC(=O)Nc5ccccn5)cc4F)ccnc32)cc1. The van der Waals surface area contributed by atoms with Crippen molar-refractivity contribution in [2.75, 3.05) is 17.7 Å². The van der Waals surface area contributed by atoms with Crippen LogP contribution in [-0.4, -0.2) is 32.9 Å². The van der Waals surface area contributed by atoms with Crippen LogP contribution < -0.4 is 20.1 Å². The molecule has 0 saturated carbocycles. The number of hydrogen-bond donors (Lipinski definition) is 2. The van der Waals surface area contributed by atoms with Crippen molar-refractivity contribution in [1.29, 1.82) is 0 Å². The van der Waals surface area contributed by atoms with Gasteiger partial charge in [-0.25, -0.2) is 23.8 Å². The van der Waals surface area contributed by atoms with E-state index in [0.29, 0.717) is 34.8 Å². The summed E-state index contributed by atoms with van der Waals surface area (Å²) in [6.45, 7) is 2.35. The molecule has 0 aliphatic rings. The largest absolute Gasteiger partial charge is 0.497 e. The van der Waals surface area contributed by atoms with Crippen LogP contribution in [0.15, 0.2) is 79.1 Å². The lowest BCUT2D eigenvalue weighted by atomic mass is 10.2. The van der Waals surface area contributed by atoms with Gasteiger partial charge in [0.25, 0.3) is 0 Å². The molecule has 3 heterocycles. The number of benzene rings is 2. The first-order chi connectivity index (χ1) is 18.0. The minimum atomic E-state index is -0.635. The molecule has 5 rings (SSSR count). The first-order valence-electron chi connectivity index (χ1n) is 11.4. The number of carbonyl (C=O) groups is 1. The van der Waals surface area contributed by atoms with E-state index in [1.807, 2.05) is 31.2 Å². The lowest BCUT2D eigenvalue weighted by molar-refractivity contribution is 0.262. The van der Waals surface area contributed by atoms with Crippen LogP contribution in [0, 0.1) is 12.7 Å². The monoisotopic (exact) mass is 498 g/mol. The molecule has 0 saturated heterocycles. The molecule has 2 aromatic carbocycles. The second-order valence-electron chi connectivity index (χ2n) is 8.14. The van der Waals surface area contributed by atoms with Crippen molar-refractivity contribution in [2.24, 2.45) is 0 Å². The highest BCUT2D eigenvalue weighted by Gasteiger charge is 2.16. The summed E-state index contributed by atoms with van der Waals surface area (Å²) in [4.78, 5) is 20.7. The average Bonchev–Trinajstić information content (AvgIpc) is 3.22. The Morgan fingerprint density at radius 2 is 1.81 bits per heavy atom. The molecule has 0 radical (unpaired) electrons. The van der Waals surface area contributed by atoms with Crippen LogP contribution >= 0.6 is 0 Å². The Hall–Kier alpha value is -4.99. The molecular formula is C27H23FN6O3. The molecule has 2 amide bonds. The number of pyridine rings is 2. The fraction of sp³-hybridized carbons (Fsp3) is 0.111. The number of hydrogen-bond acceptors (Lipinski definition) is 6. The number of nitrogens with one attached hydrogen (secondary N) is 2. The van der Waals surface area contributed by atoms with Gasteiger partial charge in [-0.2, -0.15) is 5.10 Å². The van der Waals surface area contributed by atoms with Crippen molar-refractivity contribution in [2.45, 2.75) is 13.5 Å². The number of rotatable bonds is 7. The minimum Gasteiger partial charge on any atom is -0.497 e. The maximum atomic E-state index is 14.9. The normalized spacial score (nSPS) is 10.8. The van der Waals surface area contributed by atoms with Gasteiger partial charge >= 0.3 is 6.03 Å². The van der Waals surface area contributed by atoms with E-state index in [2.05, 4.69) is 25.7 Å². The zero-order valence-electron chi connectivity index (χ0n) is 20.1. The third-order valence-electron chi connectivity index (χ3n) is 5.58. The topological polar surface area (TPSA) is 103 Å². The third kappa shape index (κ3) is 5.32. The Labute approximate surface area is 211 Å². The fourth-order valence-electron chi connectivity index (χ4n) is 3.84. The average molecular weight is 499 g/mol. The number of ether oxygens (including phenoxy) is 2. The predicted octanol–water partition coefficient (Wildman–Crippen LogP) is 5.77. The molecule has 0 spiro atoms. The van der Waals surface area contributed by atoms with Crippen LogP contribution in [0.1, 0.15) is 11.3 Å². The van der Waals surface area contributed by atoms with Crippen molar-refractivity contribution >= 4 is 28.6 Å². The molecule has 0 aliphatic carbocycles. The smallest absolute Gasteiger partial charge is 0.324 e. The van der Waals surface area contributed by atoms with Gasteiger partial charge in [-0.05, 0) is 55.0 Å². The number of anilines is 2. The summed E-state index contributed by atoms with van der Waals surface area (Å²) in [5.41, 5.74) is 2.62. The highest BCUT2D eigenvalue weighted by atomic mass is 19.1. The first-order valence-corrected chi connectivity index (χ1v) is 11.4. The number of carbonyl (C=O) groups excluding carboxylic acids is 1. The Balaban J connectivity index is 1.33. The number of urea groups is 1. The van der Waals surface area contributed by atoms with Crippen molar-refractivity contribution in [3.8, 4) is 17.2 Å². The number of nitrogens with zero attached hydrogens (tertiary/aromatic N) is 4. The van der Waals surface area contributed by atoms with Gasteiger partial charge in [0, 0.05) is 24.1 Å². The van der Waals surface area contributed by atoms with Gasteiger partial charge in [0.2, 0.25) is 0 Å². The first kappa shape index (κ1) is 23.7. The van der Waals surface area contributed by atoms with Crippen LogP contribution in [0.4, 0.5) is 20.7 Å². The molecule has 186 valence electrons. The maximum Gasteiger partial charge on any atom is 0.324 e. The molecule has 0 unspecified atom stereocenters. The quantitative estimate of drug-likeness (QED) is 0.295. The molecule has 2 N–H and O–H groups in total. The molecule has 0 fully saturated rings. The Bertz CT molecular complexity index is 1550. The van der Waals surface area contributed by atoms with E-state index in [0.717, 1.165) is 11.3 Å². The summed E-state index contributed by atoms with van der Waals surface area (Å²) in [5.74, 6) is 0.950. The van der Waals surface area contributed by atoms with Crippen LogP contribution in [0.2, 0.25) is 0 Å². The molecule has 10 heteroatoms. The van der Waals surface area contributed by atoms with E-state index in [-0.39, 0.29) is 11.4 Å². The van der Waals surface area contributed by atoms with Gasteiger partial charge in [-0.15, -0.1) is 0 Å². The Kier molecular flexibility index (Phi) is 6.62. The number of halogens is 1. The van der Waals surface area contributed by atoms with Crippen LogP contribution in [0.25, 0.3) is 11.0 Å². The predicted molar refractivity (Wildman–Crippen MR) is 138 cm³/mol. The summed E-state index contributed by atoms with van der Waals surface area (Å²) in [5, 5.41) is 10.5. The van der Waals surface area contributed by atoms with Crippen molar-refractivity contribution in [3.05, 3.63) is 96.2 Å². The standard InChI is InChI=1S/C27H23FN6O3/c1-17-25-23(12-14-30-26(25)34(33-17)16-18-6-9-20(36-2)10-7-18)37-22-11-8-19(15-21(22)28)31-27(35)32-24-5-3-4-13-29-24/h3-15H,16H2,1-2H3,(H2,29,31,32,35). The van der Waals surface area contributed by atoms with Gasteiger partial charge in [0.1, 0.15) is 17.3 Å². The van der Waals surface area contributed by atoms with Gasteiger partial charge in [0.15, 0.2) is 17.2 Å². The van der Waals surface area contributed by atoms with Crippen molar-refractivity contribution in [1.82, 2.24) is 19.7 Å². The second-order valence-corrected chi connectivity index (χ2v) is 8.14. The van der Waals surface area contributed by atoms with Crippen LogP contribution in [0.3, 0.4) is 0 Å². The third-order valence-corrected chi connectivity index (χ3v) is 5.58. The Morgan fingerprint density at radius 1 is 0.973 bits per heavy atom. The minimum absolute atomic E-state index is 0.00508. The molecule has 9 nitrogen and oxygen atoms in total. The maximum absolute atomic E-state index is 14.9. The number of aryl methyl sites for hydroxylation is 1. The summed E-state index contributed by atoms with van der Waals surface area (Å²) >= 11 is 0. The van der Waals surface area contributed by atoms with Gasteiger partial charge < -0.3 is 14.8 Å². The zero-order valence-corrected chi connectivity index (χ0v) is 20.1. The molecule has 0 bridgehead atoms. The highest BCUT2D eigenvalue weighted by Crippen LogP contribution is 2.33. The van der Waals surface area contributed by atoms with Crippen LogP contribution in [0.5, 0.6) is 17.2 Å². The number of methoxy groups -OCH3 is 1. The summed E-state index contributed by atoms with van der Waals surface area (Å²) < 4.78 is 27.8. The van der Waals surface area contributed by atoms with Gasteiger partial charge in [0.05, 0.1) is 24.7 Å². The van der Waals surface area contributed by atoms with Gasteiger partial charge in [-0.3, -0.25) is 5.32 Å². The fourth-order valence-corrected chi connectivity index (χ4v) is 3.84. The van der Waals surface area contributed by atoms with E-state index >= 15 is 0 Å². The summed E-state index contributed by atoms with van der Waals surface area (Å²) in [6.07, 6.45) is 3.15. The molecule has 0 aliphatic heterocycles. The lowest BCUT2D eigenvalue weighted by Gasteiger charge is -2.11. The Morgan fingerprint density at radius 3 is 2.54 bits per heavy atom. The van der Waals surface area contributed by atoms with E-state index < -0.39 is 11.8 Å². The summed E-state index contributed by atoms with van der Waals surface area (Å²) in [7, 11) is 1.62. The second kappa shape index (κ2) is 10.3. The van der Waals surface area contributed by atoms with E-state index in [4.69, 9.17) is 9.47 Å². The van der Waals surface area contributed by atoms with E-state index in [1.54, 1.807) is 54.5 Å². The molecular weight excluding hydrogens is 475 g/mol. The number of amides is 2. The molecule has 3 aromatic heterocycles. The van der Waals surface area contributed by atoms with E-state index in [1.165, 1.54) is 12.1 Å². The lowest BCUT2D eigenvalue weighted by Crippen LogP contribution is -2.20. The summed E-state index contributed by atoms with van der Waals surface area (Å²) in [6, 6.07) is 18.1. The van der Waals surface area contributed by atoms with E-state index in [9.17, 15) is 9.18 Å². The molecule has 5 aromatic rings. The molecule has 0 atom stereocenters. The number of fused-ring (bicyclic) bond motifs is 1.